The summed E-state index contributed by atoms with van der Waals surface area (Å²) in [5.41, 5.74) is 7.42. The molecule has 0 fully saturated rings. The third kappa shape index (κ3) is 16.0. The Bertz CT molecular complexity index is 5770. The minimum Gasteiger partial charge on any atom is -0.399 e. The van der Waals surface area contributed by atoms with Crippen molar-refractivity contribution in [2.24, 2.45) is 0 Å². The smallest absolute Gasteiger partial charge is 0.399 e. The molecule has 11 aromatic rings. The predicted molar refractivity (Wildman–Crippen MR) is 397 cm³/mol. The van der Waals surface area contributed by atoms with E-state index in [1.807, 2.05) is 91.0 Å². The molecule has 16 nitrogen and oxygen atoms in total. The molecule has 10 aromatic carbocycles. The molecule has 1 heterocycles. The van der Waals surface area contributed by atoms with Crippen LogP contribution in [0.25, 0.3) is 77.8 Å². The predicted octanol–water partition coefficient (Wildman–Crippen LogP) is 18.0. The first-order valence-corrected chi connectivity index (χ1v) is 42.9. The standard InChI is InChI=1S/C68H58N4O6S6.C4F9O6S3/c1-4-79-52-25-10-44(11-26-52)59-40-49(69)22-37-63(59)82(73,74)55-31-16-43(17-32-55)58-8-7-9-62-67(58)66(47-18-33-56(34-19-47)83(75,76)64-38-23-50(70)41-60(64)45-12-27-53(28-13-45)80-5-2)68(72-62)48-20-35-57(36-21-48)84(77,78)65-39-24-51(71)42-61(65)46-14-29-54(30-15-46)81-6-3;5-2(6,7)20(14,15)1(21(16,17)3(8,9)10)22(18,19)4(11,12)13/h7-42,72H,4-6,69-71H2,1-3H3;/q;-1. The highest BCUT2D eigenvalue weighted by molar-refractivity contribution is 8.29. The van der Waals surface area contributed by atoms with Gasteiger partial charge in [-0.2, -0.15) is 39.5 Å². The zero-order valence-electron chi connectivity index (χ0n) is 55.1. The van der Waals surface area contributed by atoms with Gasteiger partial charge in [-0.3, -0.25) is 25.3 Å². The number of nitrogen functional groups attached to an aromatic ring is 3. The molecule has 106 heavy (non-hydrogen) atoms. The van der Waals surface area contributed by atoms with Crippen molar-refractivity contribution in [1.29, 1.82) is 0 Å². The van der Waals surface area contributed by atoms with Crippen LogP contribution in [0.2, 0.25) is 0 Å². The lowest BCUT2D eigenvalue weighted by Gasteiger charge is -2.31. The van der Waals surface area contributed by atoms with Gasteiger partial charge in [-0.15, -0.1) is 35.3 Å². The molecule has 7 N–H and O–H groups in total. The molecule has 0 saturated carbocycles. The Morgan fingerprint density at radius 2 is 0.613 bits per heavy atom. The van der Waals surface area contributed by atoms with E-state index >= 15 is 0 Å². The summed E-state index contributed by atoms with van der Waals surface area (Å²) in [6, 6.07) is 63.8. The SMILES string of the molecule is CCSc1ccc(-c2cc(N)ccc2S(=O)(=O)c2ccc(-c3[nH]c4cccc(-c5ccc(S(=O)(=O)c6ccc(N)cc6-c6ccc(SCC)cc6)cc5)c4c3-c3ccc(S(=O)(=O)c4ccc(N)cc4-c4ccc(SCC)cc4)cc3)cc2)cc1.O=S(=O)([C-](S(=O)(=O)C(F)(F)F)S(=O)(=O)C(F)(F)F)C(F)(F)F. The second kappa shape index (κ2) is 30.5. The zero-order chi connectivity index (χ0) is 77.5. The second-order valence-electron chi connectivity index (χ2n) is 22.9. The van der Waals surface area contributed by atoms with Gasteiger partial charge < -0.3 is 22.2 Å². The Hall–Kier alpha value is -8.74. The topological polar surface area (TPSA) is 299 Å². The lowest BCUT2D eigenvalue weighted by molar-refractivity contribution is -0.0471. The number of halogens is 9. The molecule has 1 aromatic heterocycles. The number of sulfone groups is 6. The Kier molecular flexibility index (Phi) is 23.0. The Morgan fingerprint density at radius 3 is 0.906 bits per heavy atom. The number of aromatic amines is 1. The van der Waals surface area contributed by atoms with E-state index in [1.165, 1.54) is 0 Å². The average molecular weight is 1630 g/mol. The van der Waals surface area contributed by atoms with Crippen LogP contribution in [-0.2, 0) is 59.0 Å². The van der Waals surface area contributed by atoms with Gasteiger partial charge in [0, 0.05) is 64.9 Å². The van der Waals surface area contributed by atoms with Crippen LogP contribution in [0.15, 0.2) is 262 Å². The number of H-pyrrole nitrogens is 1. The van der Waals surface area contributed by atoms with E-state index in [4.69, 9.17) is 17.2 Å². The van der Waals surface area contributed by atoms with Gasteiger partial charge in [-0.1, -0.05) is 106 Å². The maximum absolute atomic E-state index is 14.8. The normalized spacial score (nSPS) is 12.8. The van der Waals surface area contributed by atoms with Crippen LogP contribution in [0.5, 0.6) is 0 Å². The summed E-state index contributed by atoms with van der Waals surface area (Å²) in [6.07, 6.45) is 0. The van der Waals surface area contributed by atoms with E-state index in [9.17, 15) is 90.0 Å². The minimum absolute atomic E-state index is 0.0676. The number of anilines is 3. The fourth-order valence-corrected chi connectivity index (χ4v) is 23.3. The Labute approximate surface area is 617 Å². The highest BCUT2D eigenvalue weighted by atomic mass is 32.3. The number of nitrogens with one attached hydrogen (secondary N) is 1. The summed E-state index contributed by atoms with van der Waals surface area (Å²) in [6.45, 7) is 6.23. The molecule has 0 aliphatic rings. The maximum atomic E-state index is 14.8. The number of hydrogen-bond donors (Lipinski definition) is 4. The minimum atomic E-state index is -8.02. The summed E-state index contributed by atoms with van der Waals surface area (Å²) in [7, 11) is -36.3. The van der Waals surface area contributed by atoms with Crippen LogP contribution >= 0.6 is 35.3 Å². The molecule has 0 bridgehead atoms. The molecular weight excluding hydrogens is 1570 g/mol. The van der Waals surface area contributed by atoms with Crippen LogP contribution in [0.3, 0.4) is 0 Å². The van der Waals surface area contributed by atoms with E-state index in [0.717, 1.165) is 59.5 Å². The molecule has 34 heteroatoms. The third-order valence-corrected chi connectivity index (χ3v) is 31.3. The van der Waals surface area contributed by atoms with Gasteiger partial charge in [0.2, 0.25) is 29.5 Å². The highest BCUT2D eigenvalue weighted by Gasteiger charge is 2.63. The first-order valence-electron chi connectivity index (χ1n) is 31.0. The number of nitrogens with two attached hydrogens (primary N) is 3. The van der Waals surface area contributed by atoms with E-state index in [2.05, 4.69) is 25.8 Å². The van der Waals surface area contributed by atoms with Gasteiger partial charge in [0.1, 0.15) is 0 Å². The molecule has 0 aliphatic carbocycles. The van der Waals surface area contributed by atoms with E-state index in [0.29, 0.717) is 67.3 Å². The largest absolute Gasteiger partial charge is 0.470 e. The zero-order valence-corrected chi connectivity index (χ0v) is 62.5. The van der Waals surface area contributed by atoms with Gasteiger partial charge in [-0.25, -0.2) is 25.3 Å². The molecular formula is C72H58F9N4O12S9-. The molecule has 0 saturated heterocycles. The van der Waals surface area contributed by atoms with Gasteiger partial charge in [-0.05, 0) is 190 Å². The van der Waals surface area contributed by atoms with E-state index in [-0.39, 0.29) is 29.4 Å². The van der Waals surface area contributed by atoms with E-state index in [1.54, 1.807) is 163 Å². The van der Waals surface area contributed by atoms with Gasteiger partial charge in [0.25, 0.3) is 0 Å². The molecule has 0 aliphatic heterocycles. The van der Waals surface area contributed by atoms with Crippen molar-refractivity contribution >= 4 is 122 Å². The van der Waals surface area contributed by atoms with Crippen molar-refractivity contribution in [1.82, 2.24) is 4.98 Å². The quantitative estimate of drug-likeness (QED) is 0.0225. The summed E-state index contributed by atoms with van der Waals surface area (Å²) in [5.74, 6) is 2.70. The number of aromatic nitrogens is 1. The van der Waals surface area contributed by atoms with Crippen molar-refractivity contribution in [2.75, 3.05) is 34.5 Å². The van der Waals surface area contributed by atoms with Crippen LogP contribution in [-0.4, -0.2) is 89.3 Å². The third-order valence-electron chi connectivity index (χ3n) is 16.1. The number of fused-ring (bicyclic) bond motifs is 1. The second-order valence-corrected chi connectivity index (χ2v) is 39.1. The van der Waals surface area contributed by atoms with Gasteiger partial charge in [0.05, 0.1) is 39.0 Å². The number of thioether (sulfide) groups is 3. The first kappa shape index (κ1) is 79.8. The number of hydrogen-bond acceptors (Lipinski definition) is 18. The van der Waals surface area contributed by atoms with Crippen molar-refractivity contribution in [3.05, 3.63) is 222 Å². The fraction of sp³-hybridized carbons (Fsp3) is 0.125. The summed E-state index contributed by atoms with van der Waals surface area (Å²) in [5, 5.41) is 0.765. The lowest BCUT2D eigenvalue weighted by Crippen LogP contribution is -2.47. The number of benzene rings is 10. The lowest BCUT2D eigenvalue weighted by atomic mass is 9.93. The molecule has 0 unspecified atom stereocenters. The van der Waals surface area contributed by atoms with Gasteiger partial charge >= 0.3 is 16.5 Å². The van der Waals surface area contributed by atoms with Gasteiger partial charge in [0.15, 0.2) is 29.5 Å². The van der Waals surface area contributed by atoms with E-state index < -0.39 is 79.5 Å². The monoisotopic (exact) mass is 1630 g/mol. The van der Waals surface area contributed by atoms with Crippen LogP contribution in [0.1, 0.15) is 20.8 Å². The summed E-state index contributed by atoms with van der Waals surface area (Å²) < 4.78 is 256. The summed E-state index contributed by atoms with van der Waals surface area (Å²) >= 11 is 5.09. The molecule has 0 atom stereocenters. The Morgan fingerprint density at radius 1 is 0.340 bits per heavy atom. The first-order chi connectivity index (χ1) is 49.6. The van der Waals surface area contributed by atoms with Crippen molar-refractivity contribution in [3.63, 3.8) is 0 Å². The summed E-state index contributed by atoms with van der Waals surface area (Å²) in [4.78, 5) is 7.44. The molecule has 11 rings (SSSR count). The van der Waals surface area contributed by atoms with Crippen LogP contribution < -0.4 is 17.2 Å². The molecule has 0 spiro atoms. The maximum Gasteiger partial charge on any atom is 0.470 e. The molecule has 556 valence electrons. The fourth-order valence-electron chi connectivity index (χ4n) is 11.2. The Balaban J connectivity index is 0.000000473. The van der Waals surface area contributed by atoms with Crippen molar-refractivity contribution in [3.8, 4) is 66.9 Å². The number of rotatable bonds is 21. The molecule has 0 amide bonds. The average Bonchev–Trinajstić information content (AvgIpc) is 0.896. The number of alkyl halides is 9. The van der Waals surface area contributed by atoms with Crippen LogP contribution in [0.4, 0.5) is 56.6 Å². The highest BCUT2D eigenvalue weighted by Crippen LogP contribution is 2.49. The van der Waals surface area contributed by atoms with Crippen molar-refractivity contribution in [2.45, 2.75) is 81.4 Å². The van der Waals surface area contributed by atoms with Crippen LogP contribution in [0, 0.1) is 3.91 Å². The van der Waals surface area contributed by atoms with Crippen molar-refractivity contribution < 1.29 is 90.0 Å². The molecule has 0 radical (unpaired) electrons.